The van der Waals surface area contributed by atoms with Crippen molar-refractivity contribution in [3.05, 3.63) is 11.6 Å². The topological polar surface area (TPSA) is 9.23 Å². The van der Waals surface area contributed by atoms with Gasteiger partial charge in [0.25, 0.3) is 0 Å². The maximum absolute atomic E-state index is 5.16. The zero-order chi connectivity index (χ0) is 6.53. The lowest BCUT2D eigenvalue weighted by molar-refractivity contribution is 0.176. The van der Waals surface area contributed by atoms with E-state index in [-0.39, 0.29) is 0 Å². The van der Waals surface area contributed by atoms with Crippen LogP contribution in [0.2, 0.25) is 0 Å². The summed E-state index contributed by atoms with van der Waals surface area (Å²) in [6.07, 6.45) is 6.23. The van der Waals surface area contributed by atoms with Crippen molar-refractivity contribution in [3.8, 4) is 0 Å². The number of hydrogen-bond acceptors (Lipinski definition) is 1. The Labute approximate surface area is 56.7 Å². The fourth-order valence-electron chi connectivity index (χ4n) is 0.880. The molecule has 1 aliphatic rings. The first kappa shape index (κ1) is 6.81. The smallest absolute Gasteiger partial charge is 0.0649 e. The van der Waals surface area contributed by atoms with Gasteiger partial charge in [-0.05, 0) is 26.2 Å². The van der Waals surface area contributed by atoms with Gasteiger partial charge in [-0.3, -0.25) is 0 Å². The molecule has 0 amide bonds. The fraction of sp³-hybridized carbons (Fsp3) is 0.750. The Morgan fingerprint density at radius 2 is 2.33 bits per heavy atom. The van der Waals surface area contributed by atoms with Gasteiger partial charge in [0.2, 0.25) is 0 Å². The molecule has 1 heteroatoms. The standard InChI is InChI=1S/C8H14O/c1-2-9-7-6-8-4-3-5-8/h6H,2-5,7H2,1H3. The average molecular weight is 126 g/mol. The molecule has 0 spiro atoms. The molecule has 9 heavy (non-hydrogen) atoms. The highest BCUT2D eigenvalue weighted by Crippen LogP contribution is 2.24. The molecule has 0 unspecified atom stereocenters. The molecule has 1 saturated carbocycles. The van der Waals surface area contributed by atoms with Crippen molar-refractivity contribution in [2.45, 2.75) is 26.2 Å². The van der Waals surface area contributed by atoms with E-state index < -0.39 is 0 Å². The molecule has 0 radical (unpaired) electrons. The fourth-order valence-corrected chi connectivity index (χ4v) is 0.880. The third-order valence-corrected chi connectivity index (χ3v) is 1.69. The lowest BCUT2D eigenvalue weighted by Gasteiger charge is -2.15. The molecule has 1 aliphatic carbocycles. The van der Waals surface area contributed by atoms with E-state index in [9.17, 15) is 0 Å². The van der Waals surface area contributed by atoms with E-state index in [1.807, 2.05) is 6.92 Å². The second kappa shape index (κ2) is 3.67. The van der Waals surface area contributed by atoms with Crippen molar-refractivity contribution in [2.75, 3.05) is 13.2 Å². The summed E-state index contributed by atoms with van der Waals surface area (Å²) < 4.78 is 5.16. The first-order valence-electron chi connectivity index (χ1n) is 3.69. The van der Waals surface area contributed by atoms with Crippen LogP contribution < -0.4 is 0 Å². The summed E-state index contributed by atoms with van der Waals surface area (Å²) >= 11 is 0. The lowest BCUT2D eigenvalue weighted by Crippen LogP contribution is -1.99. The third-order valence-electron chi connectivity index (χ3n) is 1.69. The average Bonchev–Trinajstić information content (AvgIpc) is 1.76. The Morgan fingerprint density at radius 1 is 1.56 bits per heavy atom. The molecule has 1 fully saturated rings. The summed E-state index contributed by atoms with van der Waals surface area (Å²) in [4.78, 5) is 0. The zero-order valence-corrected chi connectivity index (χ0v) is 6.02. The van der Waals surface area contributed by atoms with E-state index >= 15 is 0 Å². The van der Waals surface area contributed by atoms with Crippen molar-refractivity contribution >= 4 is 0 Å². The van der Waals surface area contributed by atoms with Crippen LogP contribution in [0.25, 0.3) is 0 Å². The van der Waals surface area contributed by atoms with E-state index in [0.717, 1.165) is 13.2 Å². The van der Waals surface area contributed by atoms with Gasteiger partial charge in [-0.1, -0.05) is 11.6 Å². The largest absolute Gasteiger partial charge is 0.378 e. The van der Waals surface area contributed by atoms with Gasteiger partial charge in [-0.2, -0.15) is 0 Å². The van der Waals surface area contributed by atoms with Gasteiger partial charge in [0.05, 0.1) is 6.61 Å². The van der Waals surface area contributed by atoms with Crippen LogP contribution in [0.4, 0.5) is 0 Å². The van der Waals surface area contributed by atoms with Crippen molar-refractivity contribution < 1.29 is 4.74 Å². The van der Waals surface area contributed by atoms with Crippen LogP contribution in [0.1, 0.15) is 26.2 Å². The van der Waals surface area contributed by atoms with Gasteiger partial charge in [0.15, 0.2) is 0 Å². The van der Waals surface area contributed by atoms with Gasteiger partial charge in [-0.15, -0.1) is 0 Å². The number of hydrogen-bond donors (Lipinski definition) is 0. The second-order valence-electron chi connectivity index (χ2n) is 2.38. The molecule has 0 aromatic carbocycles. The Bertz CT molecular complexity index is 99.1. The van der Waals surface area contributed by atoms with E-state index in [4.69, 9.17) is 4.74 Å². The molecular weight excluding hydrogens is 112 g/mol. The van der Waals surface area contributed by atoms with Crippen molar-refractivity contribution in [2.24, 2.45) is 0 Å². The minimum Gasteiger partial charge on any atom is -0.378 e. The summed E-state index contributed by atoms with van der Waals surface area (Å²) in [7, 11) is 0. The maximum Gasteiger partial charge on any atom is 0.0649 e. The number of rotatable bonds is 3. The molecule has 0 aromatic rings. The van der Waals surface area contributed by atoms with Crippen LogP contribution >= 0.6 is 0 Å². The normalized spacial score (nSPS) is 17.2. The zero-order valence-electron chi connectivity index (χ0n) is 6.02. The summed E-state index contributed by atoms with van der Waals surface area (Å²) in [6, 6.07) is 0. The number of ether oxygens (including phenoxy) is 1. The highest BCUT2D eigenvalue weighted by Gasteiger charge is 2.06. The van der Waals surface area contributed by atoms with Gasteiger partial charge >= 0.3 is 0 Å². The molecule has 0 N–H and O–H groups in total. The summed E-state index contributed by atoms with van der Waals surface area (Å²) in [5, 5.41) is 0. The van der Waals surface area contributed by atoms with Crippen molar-refractivity contribution in [1.82, 2.24) is 0 Å². The van der Waals surface area contributed by atoms with E-state index in [1.54, 1.807) is 5.57 Å². The molecule has 1 rings (SSSR count). The van der Waals surface area contributed by atoms with Crippen LogP contribution in [0.15, 0.2) is 11.6 Å². The van der Waals surface area contributed by atoms with Gasteiger partial charge in [0, 0.05) is 6.61 Å². The maximum atomic E-state index is 5.16. The Kier molecular flexibility index (Phi) is 2.78. The molecule has 0 atom stereocenters. The minimum atomic E-state index is 0.825. The van der Waals surface area contributed by atoms with E-state index in [0.29, 0.717) is 0 Å². The molecule has 1 nitrogen and oxygen atoms in total. The van der Waals surface area contributed by atoms with E-state index in [1.165, 1.54) is 19.3 Å². The van der Waals surface area contributed by atoms with Gasteiger partial charge < -0.3 is 4.74 Å². The van der Waals surface area contributed by atoms with Crippen molar-refractivity contribution in [3.63, 3.8) is 0 Å². The van der Waals surface area contributed by atoms with Crippen LogP contribution in [-0.2, 0) is 4.74 Å². The predicted octanol–water partition coefficient (Wildman–Crippen LogP) is 2.13. The van der Waals surface area contributed by atoms with Crippen LogP contribution in [0.3, 0.4) is 0 Å². The van der Waals surface area contributed by atoms with Gasteiger partial charge in [0.1, 0.15) is 0 Å². The van der Waals surface area contributed by atoms with Crippen LogP contribution in [0, 0.1) is 0 Å². The van der Waals surface area contributed by atoms with Crippen LogP contribution in [0.5, 0.6) is 0 Å². The Balaban J connectivity index is 2.01. The predicted molar refractivity (Wildman–Crippen MR) is 38.4 cm³/mol. The summed E-state index contributed by atoms with van der Waals surface area (Å²) in [6.45, 7) is 3.69. The molecule has 0 bridgehead atoms. The highest BCUT2D eigenvalue weighted by molar-refractivity contribution is 5.09. The molecule has 0 aliphatic heterocycles. The lowest BCUT2D eigenvalue weighted by atomic mass is 9.92. The summed E-state index contributed by atoms with van der Waals surface area (Å²) in [5.41, 5.74) is 1.59. The molecule has 52 valence electrons. The molecular formula is C8H14O. The molecule has 0 heterocycles. The van der Waals surface area contributed by atoms with E-state index in [2.05, 4.69) is 6.08 Å². The third kappa shape index (κ3) is 2.19. The Morgan fingerprint density at radius 3 is 2.78 bits per heavy atom. The molecule has 0 saturated heterocycles. The van der Waals surface area contributed by atoms with Crippen LogP contribution in [-0.4, -0.2) is 13.2 Å². The Hall–Kier alpha value is -0.300. The minimum absolute atomic E-state index is 0.825. The summed E-state index contributed by atoms with van der Waals surface area (Å²) in [5.74, 6) is 0. The second-order valence-corrected chi connectivity index (χ2v) is 2.38. The molecule has 0 aromatic heterocycles. The van der Waals surface area contributed by atoms with Gasteiger partial charge in [-0.25, -0.2) is 0 Å². The monoisotopic (exact) mass is 126 g/mol. The number of allylic oxidation sites excluding steroid dienone is 1. The quantitative estimate of drug-likeness (QED) is 0.416. The highest BCUT2D eigenvalue weighted by atomic mass is 16.5. The SMILES string of the molecule is CCOCC=C1CCC1. The first-order valence-corrected chi connectivity index (χ1v) is 3.69. The van der Waals surface area contributed by atoms with Crippen molar-refractivity contribution in [1.29, 1.82) is 0 Å². The first-order chi connectivity index (χ1) is 4.43.